The highest BCUT2D eigenvalue weighted by Crippen LogP contribution is 2.19. The second kappa shape index (κ2) is 12.0. The van der Waals surface area contributed by atoms with E-state index in [2.05, 4.69) is 71.9 Å². The predicted octanol–water partition coefficient (Wildman–Crippen LogP) is 2.78. The van der Waals surface area contributed by atoms with Crippen LogP contribution in [0, 0.1) is 5.82 Å². The first kappa shape index (κ1) is 25.0. The van der Waals surface area contributed by atoms with Crippen molar-refractivity contribution >= 4 is 29.4 Å². The van der Waals surface area contributed by atoms with Crippen LogP contribution >= 0.6 is 0 Å². The van der Waals surface area contributed by atoms with Crippen molar-refractivity contribution in [2.45, 2.75) is 6.54 Å². The zero-order chi connectivity index (χ0) is 25.5. The van der Waals surface area contributed by atoms with Crippen molar-refractivity contribution in [2.24, 2.45) is 5.10 Å². The zero-order valence-corrected chi connectivity index (χ0v) is 21.0. The maximum Gasteiger partial charge on any atom is 0.245 e. The maximum absolute atomic E-state index is 14.2. The number of morpholine rings is 1. The van der Waals surface area contributed by atoms with Crippen LogP contribution < -0.4 is 15.6 Å². The summed E-state index contributed by atoms with van der Waals surface area (Å²) in [5.41, 5.74) is 6.62. The van der Waals surface area contributed by atoms with E-state index in [4.69, 9.17) is 4.74 Å². The summed E-state index contributed by atoms with van der Waals surface area (Å²) in [6.45, 7) is 7.71. The summed E-state index contributed by atoms with van der Waals surface area (Å²) in [4.78, 5) is 19.3. The van der Waals surface area contributed by atoms with Crippen LogP contribution in [-0.2, 0) is 11.3 Å². The number of hydrogen-bond donors (Lipinski definition) is 2. The molecule has 4 heterocycles. The van der Waals surface area contributed by atoms with Crippen LogP contribution in [0.3, 0.4) is 0 Å². The quantitative estimate of drug-likeness (QED) is 0.354. The molecular weight excluding hydrogens is 473 g/mol. The number of aromatic nitrogens is 3. The van der Waals surface area contributed by atoms with Crippen molar-refractivity contribution in [1.82, 2.24) is 24.8 Å². The van der Waals surface area contributed by atoms with Gasteiger partial charge in [0.1, 0.15) is 0 Å². The Morgan fingerprint density at radius 1 is 0.946 bits per heavy atom. The Morgan fingerprint density at radius 2 is 1.70 bits per heavy atom. The lowest BCUT2D eigenvalue weighted by molar-refractivity contribution is 0.122. The zero-order valence-electron chi connectivity index (χ0n) is 21.0. The summed E-state index contributed by atoms with van der Waals surface area (Å²) in [6, 6.07) is 12.3. The van der Waals surface area contributed by atoms with E-state index in [1.807, 2.05) is 17.0 Å². The van der Waals surface area contributed by atoms with E-state index in [0.29, 0.717) is 32.0 Å². The Kier molecular flexibility index (Phi) is 8.14. The molecule has 2 N–H and O–H groups in total. The number of ether oxygens (including phenoxy) is 1. The maximum atomic E-state index is 14.2. The lowest BCUT2D eigenvalue weighted by Crippen LogP contribution is -2.43. The van der Waals surface area contributed by atoms with Crippen LogP contribution in [-0.4, -0.2) is 90.5 Å². The first-order valence-corrected chi connectivity index (χ1v) is 12.5. The molecular formula is C26H32FN9O. The Labute approximate surface area is 216 Å². The van der Waals surface area contributed by atoms with E-state index in [1.54, 1.807) is 12.4 Å². The number of hydrazone groups is 1. The Morgan fingerprint density at radius 3 is 2.43 bits per heavy atom. The van der Waals surface area contributed by atoms with Gasteiger partial charge in [0.25, 0.3) is 0 Å². The molecule has 5 rings (SSSR count). The van der Waals surface area contributed by atoms with Gasteiger partial charge in [-0.3, -0.25) is 9.88 Å². The average Bonchev–Trinajstić information content (AvgIpc) is 2.93. The van der Waals surface area contributed by atoms with Crippen LogP contribution in [0.1, 0.15) is 11.3 Å². The van der Waals surface area contributed by atoms with E-state index < -0.39 is 5.82 Å². The van der Waals surface area contributed by atoms with Crippen LogP contribution in [0.2, 0.25) is 0 Å². The molecule has 0 saturated carbocycles. The molecule has 0 aliphatic carbocycles. The van der Waals surface area contributed by atoms with E-state index >= 15 is 0 Å². The Bertz CT molecular complexity index is 1180. The van der Waals surface area contributed by atoms with Gasteiger partial charge in [0, 0.05) is 51.5 Å². The van der Waals surface area contributed by atoms with Crippen molar-refractivity contribution in [3.05, 3.63) is 65.9 Å². The van der Waals surface area contributed by atoms with E-state index in [0.717, 1.165) is 50.3 Å². The molecule has 0 amide bonds. The van der Waals surface area contributed by atoms with Gasteiger partial charge in [0.05, 0.1) is 43.2 Å². The number of pyridine rings is 1. The van der Waals surface area contributed by atoms with Crippen molar-refractivity contribution in [1.29, 1.82) is 0 Å². The van der Waals surface area contributed by atoms with E-state index in [-0.39, 0.29) is 11.8 Å². The van der Waals surface area contributed by atoms with Crippen molar-refractivity contribution < 1.29 is 9.13 Å². The Balaban J connectivity index is 1.12. The van der Waals surface area contributed by atoms with Crippen LogP contribution in [0.25, 0.3) is 0 Å². The highest BCUT2D eigenvalue weighted by Gasteiger charge is 2.18. The third-order valence-electron chi connectivity index (χ3n) is 6.43. The molecule has 2 fully saturated rings. The number of anilines is 4. The summed E-state index contributed by atoms with van der Waals surface area (Å²) >= 11 is 0. The Hall–Kier alpha value is -3.67. The van der Waals surface area contributed by atoms with Gasteiger partial charge >= 0.3 is 0 Å². The van der Waals surface area contributed by atoms with Crippen LogP contribution in [0.5, 0.6) is 0 Å². The SMILES string of the molecule is CN1CCN(Cc2ccc(Nc3ccc(/C=N/Nc4ncc(F)c(N5CCOCC5)n4)nc3)cc2)CC1. The third kappa shape index (κ3) is 6.97. The highest BCUT2D eigenvalue weighted by atomic mass is 19.1. The fourth-order valence-corrected chi connectivity index (χ4v) is 4.25. The normalized spacial score (nSPS) is 17.3. The fourth-order valence-electron chi connectivity index (χ4n) is 4.25. The third-order valence-corrected chi connectivity index (χ3v) is 6.43. The molecule has 2 aromatic heterocycles. The minimum Gasteiger partial charge on any atom is -0.378 e. The van der Waals surface area contributed by atoms with Gasteiger partial charge in [-0.05, 0) is 36.9 Å². The number of hydrogen-bond acceptors (Lipinski definition) is 10. The monoisotopic (exact) mass is 505 g/mol. The van der Waals surface area contributed by atoms with E-state index in [1.165, 1.54) is 5.56 Å². The molecule has 37 heavy (non-hydrogen) atoms. The van der Waals surface area contributed by atoms with E-state index in [9.17, 15) is 4.39 Å². The lowest BCUT2D eigenvalue weighted by atomic mass is 10.1. The van der Waals surface area contributed by atoms with Crippen molar-refractivity contribution in [2.75, 3.05) is 75.2 Å². The van der Waals surface area contributed by atoms with Crippen LogP contribution in [0.15, 0.2) is 53.9 Å². The topological polar surface area (TPSA) is 94.0 Å². The number of nitrogens with one attached hydrogen (secondary N) is 2. The number of nitrogens with zero attached hydrogens (tertiary/aromatic N) is 7. The largest absolute Gasteiger partial charge is 0.378 e. The highest BCUT2D eigenvalue weighted by molar-refractivity contribution is 5.78. The molecule has 0 unspecified atom stereocenters. The van der Waals surface area contributed by atoms with Gasteiger partial charge in [-0.2, -0.15) is 10.1 Å². The summed E-state index contributed by atoms with van der Waals surface area (Å²) in [5.74, 6) is -0.00346. The summed E-state index contributed by atoms with van der Waals surface area (Å²) in [5, 5.41) is 7.53. The molecule has 2 aliphatic heterocycles. The molecule has 10 nitrogen and oxygen atoms in total. The number of rotatable bonds is 8. The smallest absolute Gasteiger partial charge is 0.245 e. The van der Waals surface area contributed by atoms with Gasteiger partial charge in [0.2, 0.25) is 5.95 Å². The minimum absolute atomic E-state index is 0.216. The molecule has 2 saturated heterocycles. The number of benzene rings is 1. The standard InChI is InChI=1S/C26H32FN9O/c1-34-8-10-35(11-9-34)19-20-2-4-21(5-3-20)31-23-7-6-22(28-16-23)17-30-33-26-29-18-24(27)25(32-26)36-12-14-37-15-13-36/h2-7,16-18,31H,8-15,19H2,1H3,(H,29,32,33)/b30-17+. The molecule has 2 aliphatic rings. The average molecular weight is 506 g/mol. The molecule has 194 valence electrons. The molecule has 0 radical (unpaired) electrons. The van der Waals surface area contributed by atoms with Gasteiger partial charge in [-0.1, -0.05) is 12.1 Å². The second-order valence-electron chi connectivity index (χ2n) is 9.21. The fraction of sp³-hybridized carbons (Fsp3) is 0.385. The van der Waals surface area contributed by atoms with Gasteiger partial charge in [0.15, 0.2) is 11.6 Å². The van der Waals surface area contributed by atoms with Crippen LogP contribution in [0.4, 0.5) is 27.5 Å². The molecule has 3 aromatic rings. The first-order valence-electron chi connectivity index (χ1n) is 12.5. The first-order chi connectivity index (χ1) is 18.1. The number of halogens is 1. The predicted molar refractivity (Wildman–Crippen MR) is 143 cm³/mol. The molecule has 0 atom stereocenters. The van der Waals surface area contributed by atoms with Gasteiger partial charge in [-0.25, -0.2) is 14.8 Å². The van der Waals surface area contributed by atoms with Crippen molar-refractivity contribution in [3.63, 3.8) is 0 Å². The molecule has 1 aromatic carbocycles. The molecule has 0 bridgehead atoms. The number of likely N-dealkylation sites (N-methyl/N-ethyl adjacent to an activating group) is 1. The summed E-state index contributed by atoms with van der Waals surface area (Å²) < 4.78 is 19.5. The van der Waals surface area contributed by atoms with Gasteiger partial charge < -0.3 is 19.9 Å². The molecule has 0 spiro atoms. The second-order valence-corrected chi connectivity index (χ2v) is 9.21. The summed E-state index contributed by atoms with van der Waals surface area (Å²) in [6.07, 6.45) is 4.47. The summed E-state index contributed by atoms with van der Waals surface area (Å²) in [7, 11) is 2.17. The molecule has 11 heteroatoms. The number of piperazine rings is 1. The van der Waals surface area contributed by atoms with Gasteiger partial charge in [-0.15, -0.1) is 0 Å². The lowest BCUT2D eigenvalue weighted by Gasteiger charge is -2.32. The minimum atomic E-state index is -0.467. The van der Waals surface area contributed by atoms with Crippen molar-refractivity contribution in [3.8, 4) is 0 Å².